The van der Waals surface area contributed by atoms with Crippen molar-refractivity contribution >= 4 is 6.03 Å². The summed E-state index contributed by atoms with van der Waals surface area (Å²) in [6.45, 7) is 2.59. The molecule has 122 valence electrons. The van der Waals surface area contributed by atoms with Gasteiger partial charge < -0.3 is 19.9 Å². The number of rotatable bonds is 4. The van der Waals surface area contributed by atoms with E-state index >= 15 is 0 Å². The van der Waals surface area contributed by atoms with Gasteiger partial charge in [0.15, 0.2) is 5.82 Å². The summed E-state index contributed by atoms with van der Waals surface area (Å²) in [5, 5.41) is 9.38. The standard InChI is InChI=1S/C16H20N4O3/c1-11-18-15(23-20-11)10-17-16(21)19-13-7-8-22-14(9-13)12-5-3-2-4-6-12/h2-6,13-14H,7-10H2,1H3,(H2,17,19,21)/t13-,14-/m0/s1. The fourth-order valence-electron chi connectivity index (χ4n) is 2.63. The largest absolute Gasteiger partial charge is 0.373 e. The lowest BCUT2D eigenvalue weighted by molar-refractivity contribution is 0.00224. The van der Waals surface area contributed by atoms with E-state index in [9.17, 15) is 4.79 Å². The highest BCUT2D eigenvalue weighted by molar-refractivity contribution is 5.74. The van der Waals surface area contributed by atoms with Gasteiger partial charge in [0.2, 0.25) is 5.89 Å². The van der Waals surface area contributed by atoms with E-state index < -0.39 is 0 Å². The van der Waals surface area contributed by atoms with Crippen LogP contribution in [0.4, 0.5) is 4.79 Å². The van der Waals surface area contributed by atoms with Crippen molar-refractivity contribution in [1.29, 1.82) is 0 Å². The third-order valence-corrected chi connectivity index (χ3v) is 3.76. The lowest BCUT2D eigenvalue weighted by atomic mass is 9.97. The van der Waals surface area contributed by atoms with Crippen LogP contribution in [-0.2, 0) is 11.3 Å². The number of aromatic nitrogens is 2. The minimum atomic E-state index is -0.237. The van der Waals surface area contributed by atoms with Crippen LogP contribution in [0.1, 0.15) is 36.2 Å². The maximum Gasteiger partial charge on any atom is 0.315 e. The van der Waals surface area contributed by atoms with E-state index in [0.717, 1.165) is 18.4 Å². The molecule has 2 heterocycles. The van der Waals surface area contributed by atoms with Gasteiger partial charge in [0.25, 0.3) is 0 Å². The normalized spacial score (nSPS) is 20.9. The number of urea groups is 1. The fraction of sp³-hybridized carbons (Fsp3) is 0.438. The van der Waals surface area contributed by atoms with Crippen LogP contribution >= 0.6 is 0 Å². The van der Waals surface area contributed by atoms with E-state index in [2.05, 4.69) is 20.8 Å². The van der Waals surface area contributed by atoms with Crippen molar-refractivity contribution in [2.24, 2.45) is 0 Å². The van der Waals surface area contributed by atoms with Gasteiger partial charge in [-0.2, -0.15) is 4.98 Å². The lowest BCUT2D eigenvalue weighted by Crippen LogP contribution is -2.44. The number of ether oxygens (including phenoxy) is 1. The zero-order valence-electron chi connectivity index (χ0n) is 13.0. The molecule has 2 amide bonds. The summed E-state index contributed by atoms with van der Waals surface area (Å²) in [5.41, 5.74) is 1.14. The van der Waals surface area contributed by atoms with Gasteiger partial charge >= 0.3 is 6.03 Å². The number of hydrogen-bond acceptors (Lipinski definition) is 5. The first-order valence-electron chi connectivity index (χ1n) is 7.71. The molecule has 0 aliphatic carbocycles. The van der Waals surface area contributed by atoms with Crippen molar-refractivity contribution < 1.29 is 14.1 Å². The van der Waals surface area contributed by atoms with E-state index in [1.54, 1.807) is 6.92 Å². The summed E-state index contributed by atoms with van der Waals surface area (Å²) < 4.78 is 10.8. The number of amides is 2. The second-order valence-electron chi connectivity index (χ2n) is 5.55. The van der Waals surface area contributed by atoms with Crippen molar-refractivity contribution in [3.63, 3.8) is 0 Å². The molecule has 0 spiro atoms. The van der Waals surface area contributed by atoms with Gasteiger partial charge in [-0.3, -0.25) is 0 Å². The van der Waals surface area contributed by atoms with Gasteiger partial charge in [-0.25, -0.2) is 4.79 Å². The topological polar surface area (TPSA) is 89.3 Å². The van der Waals surface area contributed by atoms with Crippen LogP contribution in [0.5, 0.6) is 0 Å². The van der Waals surface area contributed by atoms with Crippen LogP contribution in [0.3, 0.4) is 0 Å². The van der Waals surface area contributed by atoms with E-state index in [1.165, 1.54) is 0 Å². The first kappa shape index (κ1) is 15.5. The van der Waals surface area contributed by atoms with Gasteiger partial charge in [0, 0.05) is 12.6 Å². The highest BCUT2D eigenvalue weighted by Crippen LogP contribution is 2.27. The molecule has 2 N–H and O–H groups in total. The molecule has 1 aliphatic rings. The van der Waals surface area contributed by atoms with E-state index in [4.69, 9.17) is 9.26 Å². The zero-order valence-corrected chi connectivity index (χ0v) is 13.0. The Hall–Kier alpha value is -2.41. The molecule has 1 aromatic heterocycles. The first-order chi connectivity index (χ1) is 11.2. The van der Waals surface area contributed by atoms with Crippen LogP contribution in [0.15, 0.2) is 34.9 Å². The third-order valence-electron chi connectivity index (χ3n) is 3.76. The smallest absolute Gasteiger partial charge is 0.315 e. The van der Waals surface area contributed by atoms with Gasteiger partial charge in [0.1, 0.15) is 0 Å². The monoisotopic (exact) mass is 316 g/mol. The quantitative estimate of drug-likeness (QED) is 0.901. The highest BCUT2D eigenvalue weighted by Gasteiger charge is 2.25. The van der Waals surface area contributed by atoms with Crippen molar-refractivity contribution in [3.05, 3.63) is 47.6 Å². The van der Waals surface area contributed by atoms with E-state index in [-0.39, 0.29) is 24.7 Å². The summed E-state index contributed by atoms with van der Waals surface area (Å²) >= 11 is 0. The van der Waals surface area contributed by atoms with Crippen LogP contribution < -0.4 is 10.6 Å². The van der Waals surface area contributed by atoms with E-state index in [1.807, 2.05) is 30.3 Å². The van der Waals surface area contributed by atoms with Gasteiger partial charge in [-0.05, 0) is 25.3 Å². The molecule has 2 aromatic rings. The molecule has 7 nitrogen and oxygen atoms in total. The molecule has 0 radical (unpaired) electrons. The molecule has 0 saturated carbocycles. The average molecular weight is 316 g/mol. The Balaban J connectivity index is 1.48. The van der Waals surface area contributed by atoms with Crippen molar-refractivity contribution in [2.45, 2.75) is 38.5 Å². The number of carbonyl (C=O) groups excluding carboxylic acids is 1. The minimum Gasteiger partial charge on any atom is -0.373 e. The fourth-order valence-corrected chi connectivity index (χ4v) is 2.63. The van der Waals surface area contributed by atoms with Crippen molar-refractivity contribution in [2.75, 3.05) is 6.61 Å². The maximum absolute atomic E-state index is 12.0. The predicted molar refractivity (Wildman–Crippen MR) is 82.6 cm³/mol. The SMILES string of the molecule is Cc1noc(CNC(=O)N[C@H]2CCO[C@H](c3ccccc3)C2)n1. The summed E-state index contributed by atoms with van der Waals surface area (Å²) in [7, 11) is 0. The number of nitrogens with zero attached hydrogens (tertiary/aromatic N) is 2. The summed E-state index contributed by atoms with van der Waals surface area (Å²) in [4.78, 5) is 16.0. The van der Waals surface area contributed by atoms with Crippen molar-refractivity contribution in [3.8, 4) is 0 Å². The highest BCUT2D eigenvalue weighted by atomic mass is 16.5. The number of aryl methyl sites for hydroxylation is 1. The molecule has 1 aromatic carbocycles. The minimum absolute atomic E-state index is 0.0221. The molecular formula is C16H20N4O3. The average Bonchev–Trinajstić information content (AvgIpc) is 3.00. The van der Waals surface area contributed by atoms with Crippen LogP contribution in [-0.4, -0.2) is 28.8 Å². The molecule has 0 unspecified atom stereocenters. The molecule has 1 fully saturated rings. The van der Waals surface area contributed by atoms with Crippen molar-refractivity contribution in [1.82, 2.24) is 20.8 Å². The van der Waals surface area contributed by atoms with E-state index in [0.29, 0.717) is 18.3 Å². The lowest BCUT2D eigenvalue weighted by Gasteiger charge is -2.30. The zero-order chi connectivity index (χ0) is 16.1. The Kier molecular flexibility index (Phi) is 4.87. The maximum atomic E-state index is 12.0. The van der Waals surface area contributed by atoms with Crippen LogP contribution in [0, 0.1) is 6.92 Å². The molecule has 7 heteroatoms. The number of hydrogen-bond donors (Lipinski definition) is 2. The summed E-state index contributed by atoms with van der Waals surface area (Å²) in [6.07, 6.45) is 1.59. The van der Waals surface area contributed by atoms with Crippen LogP contribution in [0.25, 0.3) is 0 Å². The Morgan fingerprint density at radius 3 is 2.91 bits per heavy atom. The predicted octanol–water partition coefficient (Wildman–Crippen LogP) is 2.10. The molecule has 1 saturated heterocycles. The third kappa shape index (κ3) is 4.29. The summed E-state index contributed by atoms with van der Waals surface area (Å²) in [6, 6.07) is 9.91. The summed E-state index contributed by atoms with van der Waals surface area (Å²) in [5.74, 6) is 0.948. The number of nitrogens with one attached hydrogen (secondary N) is 2. The molecule has 3 rings (SSSR count). The Morgan fingerprint density at radius 2 is 2.17 bits per heavy atom. The van der Waals surface area contributed by atoms with Crippen LogP contribution in [0.2, 0.25) is 0 Å². The molecule has 0 bridgehead atoms. The number of benzene rings is 1. The van der Waals surface area contributed by atoms with Gasteiger partial charge in [-0.15, -0.1) is 0 Å². The number of carbonyl (C=O) groups is 1. The molecule has 2 atom stereocenters. The van der Waals surface area contributed by atoms with Gasteiger partial charge in [0.05, 0.1) is 12.6 Å². The molecule has 23 heavy (non-hydrogen) atoms. The second kappa shape index (κ2) is 7.23. The Bertz CT molecular complexity index is 644. The Labute approximate surface area is 134 Å². The Morgan fingerprint density at radius 1 is 1.35 bits per heavy atom. The van der Waals surface area contributed by atoms with Gasteiger partial charge in [-0.1, -0.05) is 35.5 Å². The first-order valence-corrected chi connectivity index (χ1v) is 7.71. The molecular weight excluding hydrogens is 296 g/mol. The second-order valence-corrected chi connectivity index (χ2v) is 5.55. The molecule has 1 aliphatic heterocycles.